The zero-order chi connectivity index (χ0) is 22.7. The van der Waals surface area contributed by atoms with Crippen molar-refractivity contribution < 1.29 is 4.79 Å². The van der Waals surface area contributed by atoms with Crippen molar-refractivity contribution in [2.75, 3.05) is 0 Å². The van der Waals surface area contributed by atoms with Gasteiger partial charge in [0.05, 0.1) is 27.2 Å². The second-order valence-corrected chi connectivity index (χ2v) is 9.86. The number of pyridine rings is 1. The number of amides is 1. The van der Waals surface area contributed by atoms with Gasteiger partial charge in [-0.2, -0.15) is 10.2 Å². The number of fused-ring (bicyclic) bond motifs is 1. The van der Waals surface area contributed by atoms with Crippen LogP contribution in [0.15, 0.2) is 69.9 Å². The van der Waals surface area contributed by atoms with E-state index in [1.807, 2.05) is 26.0 Å². The predicted molar refractivity (Wildman–Crippen MR) is 125 cm³/mol. The molecule has 0 saturated carbocycles. The van der Waals surface area contributed by atoms with Crippen LogP contribution in [-0.2, 0) is 10.2 Å². The minimum Gasteiger partial charge on any atom is -0.362 e. The molecule has 3 aliphatic heterocycles. The lowest BCUT2D eigenvalue weighted by Gasteiger charge is -2.48. The molecule has 2 aromatic rings. The Morgan fingerprint density at radius 1 is 1.19 bits per heavy atom. The Bertz CT molecular complexity index is 1210. The third-order valence-electron chi connectivity index (χ3n) is 6.53. The normalized spacial score (nSPS) is 25.6. The van der Waals surface area contributed by atoms with Crippen molar-refractivity contribution in [2.45, 2.75) is 50.7 Å². The molecule has 2 N–H and O–H groups in total. The Morgan fingerprint density at radius 2 is 1.94 bits per heavy atom. The molecular weight excluding hydrogens is 445 g/mol. The first-order valence-electron chi connectivity index (χ1n) is 10.6. The molecule has 3 aliphatic rings. The highest BCUT2D eigenvalue weighted by Gasteiger charge is 2.53. The summed E-state index contributed by atoms with van der Waals surface area (Å²) in [7, 11) is 0. The van der Waals surface area contributed by atoms with Gasteiger partial charge in [-0.05, 0) is 37.5 Å². The van der Waals surface area contributed by atoms with Crippen LogP contribution in [0, 0.1) is 0 Å². The Morgan fingerprint density at radius 3 is 2.66 bits per heavy atom. The predicted octanol–water partition coefficient (Wildman–Crippen LogP) is 5.53. The van der Waals surface area contributed by atoms with E-state index in [2.05, 4.69) is 44.9 Å². The highest BCUT2D eigenvalue weighted by atomic mass is 35.5. The van der Waals surface area contributed by atoms with E-state index in [-0.39, 0.29) is 17.6 Å². The average molecular weight is 468 g/mol. The molecule has 0 aliphatic carbocycles. The zero-order valence-electron chi connectivity index (χ0n) is 18.0. The summed E-state index contributed by atoms with van der Waals surface area (Å²) in [6.07, 6.45) is 6.04. The van der Waals surface area contributed by atoms with E-state index < -0.39 is 5.41 Å². The standard InChI is InChI=1S/C24H23Cl2N5O/c1-4-24(14-7-5-6-13(8-14)19-16(25)11-27-12-17(19)26)15-10-28-31-21(15)29-18-9-23(2,3)30-22(32)20(18)24/h5-8,10-12,21,29H,4,9H2,1-3H3,(H,30,32)/t21?,24-/m0/s1. The molecular formula is C24H23Cl2N5O. The maximum atomic E-state index is 13.5. The van der Waals surface area contributed by atoms with Gasteiger partial charge in [0.25, 0.3) is 5.91 Å². The molecule has 32 heavy (non-hydrogen) atoms. The fourth-order valence-electron chi connectivity index (χ4n) is 5.23. The van der Waals surface area contributed by atoms with Crippen LogP contribution in [-0.4, -0.2) is 22.6 Å². The topological polar surface area (TPSA) is 78.7 Å². The molecule has 1 unspecified atom stereocenters. The quantitative estimate of drug-likeness (QED) is 0.622. The highest BCUT2D eigenvalue weighted by Crippen LogP contribution is 2.52. The van der Waals surface area contributed by atoms with Crippen LogP contribution < -0.4 is 10.6 Å². The first-order chi connectivity index (χ1) is 15.3. The number of aromatic nitrogens is 1. The van der Waals surface area contributed by atoms with Gasteiger partial charge >= 0.3 is 0 Å². The molecule has 8 heteroatoms. The molecule has 0 spiro atoms. The van der Waals surface area contributed by atoms with Crippen molar-refractivity contribution in [1.82, 2.24) is 15.6 Å². The summed E-state index contributed by atoms with van der Waals surface area (Å²) in [5.41, 5.74) is 4.18. The van der Waals surface area contributed by atoms with Gasteiger partial charge in [0.15, 0.2) is 6.17 Å². The van der Waals surface area contributed by atoms with Crippen LogP contribution in [0.5, 0.6) is 0 Å². The van der Waals surface area contributed by atoms with Crippen LogP contribution >= 0.6 is 23.2 Å². The van der Waals surface area contributed by atoms with E-state index in [1.54, 1.807) is 18.6 Å². The Balaban J connectivity index is 1.76. The lowest BCUT2D eigenvalue weighted by atomic mass is 9.62. The third-order valence-corrected chi connectivity index (χ3v) is 7.10. The highest BCUT2D eigenvalue weighted by molar-refractivity contribution is 6.39. The number of carbonyl (C=O) groups is 1. The van der Waals surface area contributed by atoms with Crippen molar-refractivity contribution in [1.29, 1.82) is 0 Å². The van der Waals surface area contributed by atoms with E-state index in [4.69, 9.17) is 23.2 Å². The number of azo groups is 1. The van der Waals surface area contributed by atoms with Crippen LogP contribution in [0.3, 0.4) is 0 Å². The lowest BCUT2D eigenvalue weighted by Crippen LogP contribution is -2.58. The zero-order valence-corrected chi connectivity index (χ0v) is 19.6. The van der Waals surface area contributed by atoms with Crippen LogP contribution in [0.2, 0.25) is 10.0 Å². The van der Waals surface area contributed by atoms with Gasteiger partial charge in [0.2, 0.25) is 0 Å². The lowest BCUT2D eigenvalue weighted by molar-refractivity contribution is -0.120. The van der Waals surface area contributed by atoms with Gasteiger partial charge in [0.1, 0.15) is 0 Å². The molecule has 5 rings (SSSR count). The number of nitrogens with one attached hydrogen (secondary N) is 2. The minimum atomic E-state index is -0.669. The second-order valence-electron chi connectivity index (χ2n) is 9.05. The second kappa shape index (κ2) is 7.42. The Hall–Kier alpha value is -2.70. The molecule has 0 saturated heterocycles. The molecule has 164 valence electrons. The van der Waals surface area contributed by atoms with Crippen LogP contribution in [0.4, 0.5) is 0 Å². The van der Waals surface area contributed by atoms with Gasteiger partial charge in [0, 0.05) is 41.2 Å². The first-order valence-corrected chi connectivity index (χ1v) is 11.4. The number of carbonyl (C=O) groups excluding carboxylic acids is 1. The van der Waals surface area contributed by atoms with Crippen LogP contribution in [0.25, 0.3) is 11.1 Å². The summed E-state index contributed by atoms with van der Waals surface area (Å²) < 4.78 is 0. The Labute approximate surface area is 196 Å². The van der Waals surface area contributed by atoms with Crippen molar-refractivity contribution in [3.8, 4) is 11.1 Å². The number of hydrogen-bond acceptors (Lipinski definition) is 5. The average Bonchev–Trinajstić information content (AvgIpc) is 3.20. The molecule has 4 heterocycles. The number of halogens is 2. The van der Waals surface area contributed by atoms with Gasteiger partial charge in [-0.25, -0.2) is 0 Å². The van der Waals surface area contributed by atoms with Crippen molar-refractivity contribution in [2.24, 2.45) is 10.2 Å². The monoisotopic (exact) mass is 467 g/mol. The number of rotatable bonds is 3. The molecule has 0 fully saturated rings. The molecule has 1 aromatic heterocycles. The molecule has 2 atom stereocenters. The summed E-state index contributed by atoms with van der Waals surface area (Å²) in [4.78, 5) is 17.6. The van der Waals surface area contributed by atoms with Gasteiger partial charge in [-0.15, -0.1) is 0 Å². The summed E-state index contributed by atoms with van der Waals surface area (Å²) in [5, 5.41) is 16.2. The summed E-state index contributed by atoms with van der Waals surface area (Å²) >= 11 is 12.9. The van der Waals surface area contributed by atoms with Gasteiger partial charge in [-0.3, -0.25) is 9.78 Å². The smallest absolute Gasteiger partial charge is 0.250 e. The number of benzene rings is 1. The summed E-state index contributed by atoms with van der Waals surface area (Å²) in [6, 6.07) is 8.06. The fraction of sp³-hybridized carbons (Fsp3) is 0.333. The van der Waals surface area contributed by atoms with E-state index >= 15 is 0 Å². The maximum Gasteiger partial charge on any atom is 0.250 e. The largest absolute Gasteiger partial charge is 0.362 e. The van der Waals surface area contributed by atoms with Crippen LogP contribution in [0.1, 0.15) is 39.2 Å². The molecule has 1 aromatic carbocycles. The molecule has 0 bridgehead atoms. The van der Waals surface area contributed by atoms with Crippen molar-refractivity contribution >= 4 is 29.1 Å². The van der Waals surface area contributed by atoms with E-state index in [0.717, 1.165) is 33.5 Å². The SMILES string of the molecule is CC[C@]1(c2cccc(-c3c(Cl)cncc3Cl)c2)C2=CN=NC2NC2=C1C(=O)NC(C)(C)C2. The summed E-state index contributed by atoms with van der Waals surface area (Å²) in [5.74, 6) is -0.0674. The van der Waals surface area contributed by atoms with Gasteiger partial charge in [-0.1, -0.05) is 48.3 Å². The van der Waals surface area contributed by atoms with E-state index in [9.17, 15) is 4.79 Å². The molecule has 1 amide bonds. The molecule has 0 radical (unpaired) electrons. The maximum absolute atomic E-state index is 13.5. The Kier molecular flexibility index (Phi) is 4.91. The first kappa shape index (κ1) is 21.2. The van der Waals surface area contributed by atoms with E-state index in [1.165, 1.54) is 0 Å². The summed E-state index contributed by atoms with van der Waals surface area (Å²) in [6.45, 7) is 6.15. The fourth-order valence-corrected chi connectivity index (χ4v) is 5.82. The van der Waals surface area contributed by atoms with E-state index in [0.29, 0.717) is 22.9 Å². The van der Waals surface area contributed by atoms with Crippen molar-refractivity contribution in [3.63, 3.8) is 0 Å². The number of hydrogen-bond donors (Lipinski definition) is 2. The number of nitrogens with zero attached hydrogens (tertiary/aromatic N) is 3. The molecule has 6 nitrogen and oxygen atoms in total. The van der Waals surface area contributed by atoms with Gasteiger partial charge < -0.3 is 10.6 Å². The minimum absolute atomic E-state index is 0.0674. The van der Waals surface area contributed by atoms with Crippen molar-refractivity contribution in [3.05, 3.63) is 75.3 Å². The third kappa shape index (κ3) is 3.08.